The number of hydrogen-bond donors (Lipinski definition) is 0. The lowest BCUT2D eigenvalue weighted by Crippen LogP contribution is -2.15. The zero-order valence-electron chi connectivity index (χ0n) is 18.2. The maximum atomic E-state index is 12.7. The maximum Gasteiger partial charge on any atom is 0.450 e. The van der Waals surface area contributed by atoms with Crippen molar-refractivity contribution in [3.05, 3.63) is 30.0 Å². The first-order valence-electron chi connectivity index (χ1n) is 9.56. The van der Waals surface area contributed by atoms with Crippen molar-refractivity contribution in [3.8, 4) is 5.75 Å². The van der Waals surface area contributed by atoms with E-state index in [1.54, 1.807) is 19.4 Å². The van der Waals surface area contributed by atoms with Crippen molar-refractivity contribution in [2.45, 2.75) is 46.3 Å². The molecule has 0 saturated heterocycles. The lowest BCUT2D eigenvalue weighted by molar-refractivity contribution is -0.159. The molecule has 0 atom stereocenters. The zero-order valence-corrected chi connectivity index (χ0v) is 19.1. The van der Waals surface area contributed by atoms with E-state index in [0.717, 1.165) is 23.9 Å². The molecule has 9 heteroatoms. The number of ether oxygens (including phenoxy) is 1. The van der Waals surface area contributed by atoms with Gasteiger partial charge < -0.3 is 18.7 Å². The highest BCUT2D eigenvalue weighted by Crippen LogP contribution is 2.42. The molecule has 0 spiro atoms. The number of likely N-dealkylation sites (N-methyl/N-ethyl adjacent to an activating group) is 1. The molecule has 1 heterocycles. The summed E-state index contributed by atoms with van der Waals surface area (Å²) < 4.78 is 23.0. The summed E-state index contributed by atoms with van der Waals surface area (Å²) in [6.45, 7) is 8.27. The van der Waals surface area contributed by atoms with Crippen LogP contribution in [0, 0.1) is 0 Å². The van der Waals surface area contributed by atoms with E-state index in [2.05, 4.69) is 4.90 Å². The highest BCUT2D eigenvalue weighted by atomic mass is 31.2. The van der Waals surface area contributed by atoms with E-state index in [0.29, 0.717) is 11.3 Å². The summed E-state index contributed by atoms with van der Waals surface area (Å²) in [5, 5.41) is 0.962. The van der Waals surface area contributed by atoms with E-state index in [4.69, 9.17) is 23.3 Å². The molecule has 162 valence electrons. The molecule has 0 N–H and O–H groups in total. The molecular formula is C20H31N2O6P. The molecule has 0 fully saturated rings. The van der Waals surface area contributed by atoms with E-state index in [9.17, 15) is 4.79 Å². The molecule has 2 rings (SSSR count). The third-order valence-electron chi connectivity index (χ3n) is 3.88. The largest absolute Gasteiger partial charge is 0.497 e. The Morgan fingerprint density at radius 2 is 1.79 bits per heavy atom. The van der Waals surface area contributed by atoms with Crippen LogP contribution in [-0.2, 0) is 25.0 Å². The van der Waals surface area contributed by atoms with Gasteiger partial charge in [-0.25, -0.2) is 9.36 Å². The maximum absolute atomic E-state index is 12.7. The number of carbonyl (C=O) groups excluding carboxylic acids is 1. The molecule has 1 aromatic heterocycles. The Kier molecular flexibility index (Phi) is 8.86. The van der Waals surface area contributed by atoms with Crippen LogP contribution in [-0.4, -0.2) is 55.5 Å². The van der Waals surface area contributed by atoms with E-state index < -0.39 is 14.7 Å². The normalized spacial score (nSPS) is 12.0. The molecule has 29 heavy (non-hydrogen) atoms. The quantitative estimate of drug-likeness (QED) is 0.308. The second-order valence-corrected chi connectivity index (χ2v) is 8.43. The first kappa shape index (κ1) is 23.6. The van der Waals surface area contributed by atoms with Crippen LogP contribution in [0.4, 0.5) is 4.79 Å². The average Bonchev–Trinajstić information content (AvgIpc) is 3.01. The van der Waals surface area contributed by atoms with Gasteiger partial charge in [0.1, 0.15) is 5.75 Å². The lowest BCUT2D eigenvalue weighted by atomic mass is 10.1. The van der Waals surface area contributed by atoms with Gasteiger partial charge in [-0.2, -0.15) is 0 Å². The Morgan fingerprint density at radius 3 is 2.34 bits per heavy atom. The van der Waals surface area contributed by atoms with Crippen LogP contribution < -0.4 is 4.74 Å². The van der Waals surface area contributed by atoms with Gasteiger partial charge in [0.05, 0.1) is 24.8 Å². The molecule has 2 aromatic rings. The van der Waals surface area contributed by atoms with E-state index in [1.807, 2.05) is 53.9 Å². The highest BCUT2D eigenvalue weighted by molar-refractivity contribution is 7.41. The summed E-state index contributed by atoms with van der Waals surface area (Å²) >= 11 is 0. The number of methoxy groups -OCH3 is 1. The third kappa shape index (κ3) is 6.94. The van der Waals surface area contributed by atoms with Crippen molar-refractivity contribution < 1.29 is 28.1 Å². The highest BCUT2D eigenvalue weighted by Gasteiger charge is 2.23. The molecule has 0 amide bonds. The summed E-state index contributed by atoms with van der Waals surface area (Å²) in [4.78, 5) is 19.9. The molecule has 0 bridgehead atoms. The second-order valence-electron chi connectivity index (χ2n) is 7.42. The average molecular weight is 426 g/mol. The standard InChI is InChI=1S/C20H31N2O6P/c1-14(2)26-29(27-15(3)4)28-25-20(23)22-13-16(10-11-21(5)6)18-9-8-17(24-7)12-19(18)22/h8-9,12-15H,10-11H2,1-7H3. The van der Waals surface area contributed by atoms with Crippen molar-refractivity contribution >= 4 is 25.6 Å². The minimum absolute atomic E-state index is 0.132. The summed E-state index contributed by atoms with van der Waals surface area (Å²) in [5.74, 6) is 0.651. The fraction of sp³-hybridized carbons (Fsp3) is 0.550. The van der Waals surface area contributed by atoms with Gasteiger partial charge in [0.25, 0.3) is 0 Å². The summed E-state index contributed by atoms with van der Waals surface area (Å²) in [5.41, 5.74) is 1.72. The monoisotopic (exact) mass is 426 g/mol. The van der Waals surface area contributed by atoms with Crippen LogP contribution in [0.3, 0.4) is 0 Å². The van der Waals surface area contributed by atoms with Crippen molar-refractivity contribution in [2.24, 2.45) is 0 Å². The van der Waals surface area contributed by atoms with Gasteiger partial charge >= 0.3 is 14.7 Å². The van der Waals surface area contributed by atoms with Crippen molar-refractivity contribution in [2.75, 3.05) is 27.7 Å². The van der Waals surface area contributed by atoms with Gasteiger partial charge in [0.15, 0.2) is 0 Å². The van der Waals surface area contributed by atoms with Gasteiger partial charge in [-0.05, 0) is 65.9 Å². The van der Waals surface area contributed by atoms with Gasteiger partial charge in [-0.1, -0.05) is 4.67 Å². The molecule has 0 aliphatic heterocycles. The predicted octanol–water partition coefficient (Wildman–Crippen LogP) is 4.75. The van der Waals surface area contributed by atoms with E-state index in [-0.39, 0.29) is 12.2 Å². The Labute approximate surface area is 173 Å². The van der Waals surface area contributed by atoms with E-state index in [1.165, 1.54) is 4.57 Å². The number of hydrogen-bond acceptors (Lipinski definition) is 7. The van der Waals surface area contributed by atoms with Crippen LogP contribution in [0.15, 0.2) is 24.4 Å². The molecule has 0 radical (unpaired) electrons. The molecule has 1 aromatic carbocycles. The number of benzene rings is 1. The number of rotatable bonds is 10. The van der Waals surface area contributed by atoms with Gasteiger partial charge in [0.2, 0.25) is 0 Å². The van der Waals surface area contributed by atoms with Crippen molar-refractivity contribution in [1.29, 1.82) is 0 Å². The Balaban J connectivity index is 2.24. The van der Waals surface area contributed by atoms with Gasteiger partial charge in [-0.3, -0.25) is 4.89 Å². The van der Waals surface area contributed by atoms with Crippen molar-refractivity contribution in [3.63, 3.8) is 0 Å². The summed E-state index contributed by atoms with van der Waals surface area (Å²) in [6.07, 6.45) is 1.62. The molecular weight excluding hydrogens is 395 g/mol. The molecule has 0 unspecified atom stereocenters. The van der Waals surface area contributed by atoms with Crippen LogP contribution in [0.1, 0.15) is 33.3 Å². The van der Waals surface area contributed by atoms with Crippen LogP contribution in [0.5, 0.6) is 5.75 Å². The first-order chi connectivity index (χ1) is 13.7. The number of aromatic nitrogens is 1. The molecule has 0 saturated carbocycles. The molecule has 8 nitrogen and oxygen atoms in total. The minimum Gasteiger partial charge on any atom is -0.497 e. The Morgan fingerprint density at radius 1 is 1.14 bits per heavy atom. The first-order valence-corrected chi connectivity index (χ1v) is 10.7. The van der Waals surface area contributed by atoms with Gasteiger partial charge in [-0.15, -0.1) is 0 Å². The topological polar surface area (TPSA) is 71.4 Å². The Hall–Kier alpha value is -1.70. The summed E-state index contributed by atoms with van der Waals surface area (Å²) in [6, 6.07) is 5.62. The minimum atomic E-state index is -1.81. The smallest absolute Gasteiger partial charge is 0.450 e. The number of nitrogens with zero attached hydrogens (tertiary/aromatic N) is 2. The van der Waals surface area contributed by atoms with Crippen LogP contribution >= 0.6 is 8.60 Å². The Bertz CT molecular complexity index is 796. The van der Waals surface area contributed by atoms with Crippen molar-refractivity contribution in [1.82, 2.24) is 9.47 Å². The fourth-order valence-corrected chi connectivity index (χ4v) is 3.54. The lowest BCUT2D eigenvalue weighted by Gasteiger charge is -2.18. The predicted molar refractivity (Wildman–Crippen MR) is 113 cm³/mol. The number of carbonyl (C=O) groups is 1. The molecule has 0 aliphatic carbocycles. The third-order valence-corrected chi connectivity index (χ3v) is 5.27. The zero-order chi connectivity index (χ0) is 21.6. The fourth-order valence-electron chi connectivity index (χ4n) is 2.61. The molecule has 0 aliphatic rings. The second kappa shape index (κ2) is 10.9. The summed E-state index contributed by atoms with van der Waals surface area (Å²) in [7, 11) is 3.79. The van der Waals surface area contributed by atoms with Crippen LogP contribution in [0.25, 0.3) is 10.9 Å². The van der Waals surface area contributed by atoms with E-state index >= 15 is 0 Å². The number of fused-ring (bicyclic) bond motifs is 1. The SMILES string of the molecule is COc1ccc2c(CCN(C)C)cn(C(=O)OOP(OC(C)C)OC(C)C)c2c1. The van der Waals surface area contributed by atoms with Crippen LogP contribution in [0.2, 0.25) is 0 Å². The van der Waals surface area contributed by atoms with Gasteiger partial charge in [0, 0.05) is 24.2 Å².